The third-order valence-electron chi connectivity index (χ3n) is 2.92. The smallest absolute Gasteiger partial charge is 0.00721 e. The van der Waals surface area contributed by atoms with E-state index in [-0.39, 0.29) is 0 Å². The fraction of sp³-hybridized carbons (Fsp3) is 1.00. The zero-order valence-corrected chi connectivity index (χ0v) is 12.4. The topological polar surface area (TPSA) is 15.3 Å². The van der Waals surface area contributed by atoms with Crippen LogP contribution in [0.15, 0.2) is 0 Å². The maximum Gasteiger partial charge on any atom is 0.00721 e. The summed E-state index contributed by atoms with van der Waals surface area (Å²) in [5, 5.41) is 3.46. The van der Waals surface area contributed by atoms with E-state index in [4.69, 9.17) is 0 Å². The molecule has 1 N–H and O–H groups in total. The minimum Gasteiger partial charge on any atom is -0.315 e. The van der Waals surface area contributed by atoms with Gasteiger partial charge >= 0.3 is 0 Å². The van der Waals surface area contributed by atoms with Gasteiger partial charge in [0.05, 0.1) is 0 Å². The van der Waals surface area contributed by atoms with E-state index in [0.717, 1.165) is 6.54 Å². The molecule has 0 rings (SSSR count). The molecule has 0 saturated carbocycles. The van der Waals surface area contributed by atoms with Crippen molar-refractivity contribution in [2.75, 3.05) is 37.7 Å². The first-order valence-electron chi connectivity index (χ1n) is 6.78. The van der Waals surface area contributed by atoms with E-state index in [9.17, 15) is 0 Å². The molecule has 0 fully saturated rings. The number of hydrogen-bond donors (Lipinski definition) is 1. The van der Waals surface area contributed by atoms with Gasteiger partial charge in [0.1, 0.15) is 0 Å². The summed E-state index contributed by atoms with van der Waals surface area (Å²) in [6.07, 6.45) is 2.66. The molecule has 0 amide bonds. The van der Waals surface area contributed by atoms with Gasteiger partial charge in [0, 0.05) is 18.3 Å². The molecule has 0 spiro atoms. The van der Waals surface area contributed by atoms with Crippen molar-refractivity contribution in [3.05, 3.63) is 0 Å². The summed E-state index contributed by atoms with van der Waals surface area (Å²) in [5.41, 5.74) is 0. The van der Waals surface area contributed by atoms with Gasteiger partial charge < -0.3 is 10.2 Å². The van der Waals surface area contributed by atoms with E-state index in [1.54, 1.807) is 0 Å². The Morgan fingerprint density at radius 1 is 1.12 bits per heavy atom. The molecular formula is C13H30N2S. The molecule has 1 unspecified atom stereocenters. The van der Waals surface area contributed by atoms with Crippen LogP contribution in [0, 0.1) is 0 Å². The highest BCUT2D eigenvalue weighted by Crippen LogP contribution is 2.07. The predicted molar refractivity (Wildman–Crippen MR) is 77.5 cm³/mol. The van der Waals surface area contributed by atoms with Crippen molar-refractivity contribution in [1.82, 2.24) is 10.2 Å². The average Bonchev–Trinajstić information content (AvgIpc) is 2.29. The molecule has 0 aromatic rings. The third-order valence-corrected chi connectivity index (χ3v) is 3.97. The van der Waals surface area contributed by atoms with E-state index < -0.39 is 0 Å². The Morgan fingerprint density at radius 3 is 2.38 bits per heavy atom. The minimum absolute atomic E-state index is 0.688. The molecule has 1 atom stereocenters. The van der Waals surface area contributed by atoms with Crippen molar-refractivity contribution in [1.29, 1.82) is 0 Å². The van der Waals surface area contributed by atoms with E-state index in [1.807, 2.05) is 0 Å². The second-order valence-electron chi connectivity index (χ2n) is 4.24. The molecular weight excluding hydrogens is 216 g/mol. The van der Waals surface area contributed by atoms with E-state index in [1.165, 1.54) is 44.0 Å². The van der Waals surface area contributed by atoms with Gasteiger partial charge in [-0.2, -0.15) is 11.8 Å². The van der Waals surface area contributed by atoms with Crippen LogP contribution in [0.25, 0.3) is 0 Å². The largest absolute Gasteiger partial charge is 0.315 e. The first-order valence-corrected chi connectivity index (χ1v) is 7.93. The highest BCUT2D eigenvalue weighted by molar-refractivity contribution is 7.99. The van der Waals surface area contributed by atoms with Crippen LogP contribution in [0.1, 0.15) is 40.5 Å². The van der Waals surface area contributed by atoms with E-state index in [2.05, 4.69) is 49.7 Å². The summed E-state index contributed by atoms with van der Waals surface area (Å²) in [7, 11) is 0. The Bertz CT molecular complexity index is 138. The summed E-state index contributed by atoms with van der Waals surface area (Å²) >= 11 is 2.10. The zero-order chi connectivity index (χ0) is 12.2. The molecule has 2 nitrogen and oxygen atoms in total. The first kappa shape index (κ1) is 16.3. The Morgan fingerprint density at radius 2 is 1.81 bits per heavy atom. The molecule has 16 heavy (non-hydrogen) atoms. The van der Waals surface area contributed by atoms with Crippen molar-refractivity contribution in [3.63, 3.8) is 0 Å². The molecule has 0 aliphatic heterocycles. The Hall–Kier alpha value is 0.270. The number of hydrogen-bond acceptors (Lipinski definition) is 3. The predicted octanol–water partition coefficient (Wildman–Crippen LogP) is 2.84. The van der Waals surface area contributed by atoms with E-state index in [0.29, 0.717) is 6.04 Å². The minimum atomic E-state index is 0.688. The number of rotatable bonds is 11. The van der Waals surface area contributed by atoms with Crippen molar-refractivity contribution in [2.24, 2.45) is 0 Å². The van der Waals surface area contributed by atoms with Crippen LogP contribution in [0.4, 0.5) is 0 Å². The second-order valence-corrected chi connectivity index (χ2v) is 5.46. The van der Waals surface area contributed by atoms with Crippen LogP contribution in [0.3, 0.4) is 0 Å². The van der Waals surface area contributed by atoms with Gasteiger partial charge in [0.2, 0.25) is 0 Å². The third kappa shape index (κ3) is 9.49. The van der Waals surface area contributed by atoms with Crippen LogP contribution in [0.5, 0.6) is 0 Å². The van der Waals surface area contributed by atoms with Crippen molar-refractivity contribution in [2.45, 2.75) is 46.6 Å². The molecule has 0 saturated heterocycles. The summed E-state index contributed by atoms with van der Waals surface area (Å²) in [6, 6.07) is 0.688. The lowest BCUT2D eigenvalue weighted by Gasteiger charge is -2.17. The lowest BCUT2D eigenvalue weighted by atomic mass is 10.2. The van der Waals surface area contributed by atoms with Gasteiger partial charge in [-0.05, 0) is 45.2 Å². The maximum atomic E-state index is 3.46. The molecule has 0 aliphatic carbocycles. The lowest BCUT2D eigenvalue weighted by molar-refractivity contribution is 0.324. The van der Waals surface area contributed by atoms with Gasteiger partial charge in [0.25, 0.3) is 0 Å². The van der Waals surface area contributed by atoms with Crippen LogP contribution < -0.4 is 5.32 Å². The molecule has 98 valence electrons. The number of thioether (sulfide) groups is 1. The Balaban J connectivity index is 3.20. The second kappa shape index (κ2) is 11.7. The lowest BCUT2D eigenvalue weighted by Crippen LogP contribution is -2.26. The Kier molecular flexibility index (Phi) is 11.9. The first-order chi connectivity index (χ1) is 7.74. The fourth-order valence-electron chi connectivity index (χ4n) is 1.78. The summed E-state index contributed by atoms with van der Waals surface area (Å²) in [4.78, 5) is 2.49. The van der Waals surface area contributed by atoms with Gasteiger partial charge in [-0.3, -0.25) is 0 Å². The molecule has 0 aromatic heterocycles. The molecule has 0 aliphatic rings. The number of nitrogens with one attached hydrogen (secondary N) is 1. The van der Waals surface area contributed by atoms with Gasteiger partial charge in [0.15, 0.2) is 0 Å². The monoisotopic (exact) mass is 246 g/mol. The SMILES string of the molecule is CCNC(C)CCCSCCN(CC)CC. The van der Waals surface area contributed by atoms with Gasteiger partial charge in [-0.15, -0.1) is 0 Å². The van der Waals surface area contributed by atoms with Crippen molar-refractivity contribution in [3.8, 4) is 0 Å². The molecule has 0 aromatic carbocycles. The average molecular weight is 246 g/mol. The zero-order valence-electron chi connectivity index (χ0n) is 11.6. The molecule has 3 heteroatoms. The standard InChI is InChI=1S/C13H30N2S/c1-5-14-13(4)9-8-11-16-12-10-15(6-2)7-3/h13-14H,5-12H2,1-4H3. The normalized spacial score (nSPS) is 13.3. The van der Waals surface area contributed by atoms with Crippen LogP contribution in [-0.4, -0.2) is 48.6 Å². The summed E-state index contributed by atoms with van der Waals surface area (Å²) in [6.45, 7) is 13.7. The highest BCUT2D eigenvalue weighted by atomic mass is 32.2. The van der Waals surface area contributed by atoms with Gasteiger partial charge in [-0.1, -0.05) is 20.8 Å². The highest BCUT2D eigenvalue weighted by Gasteiger charge is 2.00. The van der Waals surface area contributed by atoms with E-state index >= 15 is 0 Å². The number of nitrogens with zero attached hydrogens (tertiary/aromatic N) is 1. The molecule has 0 heterocycles. The van der Waals surface area contributed by atoms with Crippen molar-refractivity contribution < 1.29 is 0 Å². The summed E-state index contributed by atoms with van der Waals surface area (Å²) < 4.78 is 0. The summed E-state index contributed by atoms with van der Waals surface area (Å²) in [5.74, 6) is 2.61. The molecule has 0 bridgehead atoms. The van der Waals surface area contributed by atoms with Crippen LogP contribution >= 0.6 is 11.8 Å². The van der Waals surface area contributed by atoms with Crippen molar-refractivity contribution >= 4 is 11.8 Å². The fourth-order valence-corrected chi connectivity index (χ4v) is 2.74. The molecule has 0 radical (unpaired) electrons. The van der Waals surface area contributed by atoms with Crippen LogP contribution in [0.2, 0.25) is 0 Å². The van der Waals surface area contributed by atoms with Gasteiger partial charge in [-0.25, -0.2) is 0 Å². The quantitative estimate of drug-likeness (QED) is 0.564. The maximum absolute atomic E-state index is 3.46. The van der Waals surface area contributed by atoms with Crippen LogP contribution in [-0.2, 0) is 0 Å². The Labute approximate surface area is 107 Å².